The highest BCUT2D eigenvalue weighted by molar-refractivity contribution is 7.09. The summed E-state index contributed by atoms with van der Waals surface area (Å²) in [6.45, 7) is 8.39. The average Bonchev–Trinajstić information content (AvgIpc) is 2.72. The van der Waals surface area contributed by atoms with Crippen LogP contribution in [0, 0.1) is 12.3 Å². The molecule has 0 unspecified atom stereocenters. The fourth-order valence-corrected chi connectivity index (χ4v) is 2.74. The van der Waals surface area contributed by atoms with E-state index in [1.165, 1.54) is 0 Å². The van der Waals surface area contributed by atoms with E-state index in [4.69, 9.17) is 0 Å². The predicted molar refractivity (Wildman–Crippen MR) is 73.3 cm³/mol. The number of hydrogen-bond acceptors (Lipinski definition) is 4. The zero-order chi connectivity index (χ0) is 12.9. The normalized spacial score (nSPS) is 12.4. The van der Waals surface area contributed by atoms with Crippen LogP contribution in [0.2, 0.25) is 0 Å². The fourth-order valence-electron chi connectivity index (χ4n) is 2.13. The highest BCUT2D eigenvalue weighted by Crippen LogP contribution is 2.27. The van der Waals surface area contributed by atoms with Crippen LogP contribution in [-0.4, -0.2) is 35.2 Å². The van der Waals surface area contributed by atoms with Crippen molar-refractivity contribution in [3.63, 3.8) is 0 Å². The fraction of sp³-hybridized carbons (Fsp3) is 0.769. The quantitative estimate of drug-likeness (QED) is 0.815. The summed E-state index contributed by atoms with van der Waals surface area (Å²) in [6.07, 6.45) is 2.03. The van der Waals surface area contributed by atoms with Crippen LogP contribution in [0.1, 0.15) is 37.4 Å². The molecule has 0 aromatic carbocycles. The average molecular weight is 256 g/mol. The maximum Gasteiger partial charge on any atom is 0.0897 e. The predicted octanol–water partition coefficient (Wildman–Crippen LogP) is 2.68. The van der Waals surface area contributed by atoms with Gasteiger partial charge in [-0.2, -0.15) is 0 Å². The number of aryl methyl sites for hydroxylation is 1. The zero-order valence-corrected chi connectivity index (χ0v) is 12.2. The van der Waals surface area contributed by atoms with Gasteiger partial charge in [-0.1, -0.05) is 13.8 Å². The Morgan fingerprint density at radius 3 is 2.47 bits per heavy atom. The van der Waals surface area contributed by atoms with Gasteiger partial charge in [-0.15, -0.1) is 11.3 Å². The van der Waals surface area contributed by atoms with Gasteiger partial charge in [-0.3, -0.25) is 4.90 Å². The van der Waals surface area contributed by atoms with E-state index in [-0.39, 0.29) is 12.0 Å². The van der Waals surface area contributed by atoms with Crippen molar-refractivity contribution < 1.29 is 5.11 Å². The molecule has 1 N–H and O–H groups in total. The minimum atomic E-state index is 0.0415. The second-order valence-electron chi connectivity index (χ2n) is 4.90. The van der Waals surface area contributed by atoms with Crippen molar-refractivity contribution in [1.82, 2.24) is 9.88 Å². The molecule has 1 aromatic rings. The van der Waals surface area contributed by atoms with E-state index in [0.29, 0.717) is 0 Å². The third kappa shape index (κ3) is 4.05. The number of aromatic nitrogens is 1. The van der Waals surface area contributed by atoms with Gasteiger partial charge < -0.3 is 5.11 Å². The van der Waals surface area contributed by atoms with Gasteiger partial charge in [0.2, 0.25) is 0 Å². The van der Waals surface area contributed by atoms with Gasteiger partial charge in [-0.25, -0.2) is 4.98 Å². The minimum absolute atomic E-state index is 0.0415. The Kier molecular flexibility index (Phi) is 5.56. The van der Waals surface area contributed by atoms with Gasteiger partial charge in [0, 0.05) is 30.5 Å². The van der Waals surface area contributed by atoms with E-state index in [2.05, 4.69) is 36.2 Å². The molecule has 0 fully saturated rings. The largest absolute Gasteiger partial charge is 0.396 e. The Labute approximate surface area is 108 Å². The zero-order valence-electron chi connectivity index (χ0n) is 11.4. The summed E-state index contributed by atoms with van der Waals surface area (Å²) < 4.78 is 0. The van der Waals surface area contributed by atoms with E-state index in [1.54, 1.807) is 11.3 Å². The number of thiazole rings is 1. The van der Waals surface area contributed by atoms with E-state index in [9.17, 15) is 5.11 Å². The number of nitrogens with zero attached hydrogens (tertiary/aromatic N) is 2. The molecule has 3 nitrogen and oxygen atoms in total. The molecule has 0 aliphatic rings. The molecule has 98 valence electrons. The van der Waals surface area contributed by atoms with Gasteiger partial charge in [0.05, 0.1) is 10.7 Å². The molecule has 0 bridgehead atoms. The molecular formula is C13H24N2OS. The number of rotatable bonds is 7. The molecule has 0 saturated heterocycles. The summed E-state index contributed by atoms with van der Waals surface area (Å²) in [5, 5.41) is 12.8. The lowest BCUT2D eigenvalue weighted by Crippen LogP contribution is -2.37. The van der Waals surface area contributed by atoms with Crippen molar-refractivity contribution in [3.05, 3.63) is 16.1 Å². The minimum Gasteiger partial charge on any atom is -0.396 e. The van der Waals surface area contributed by atoms with Crippen molar-refractivity contribution in [2.75, 3.05) is 20.2 Å². The number of hydrogen-bond donors (Lipinski definition) is 1. The summed E-state index contributed by atoms with van der Waals surface area (Å²) in [7, 11) is 2.10. The Bertz CT molecular complexity index is 326. The van der Waals surface area contributed by atoms with Crippen molar-refractivity contribution in [2.45, 2.75) is 40.2 Å². The molecule has 0 atom stereocenters. The lowest BCUT2D eigenvalue weighted by atomic mass is 9.83. The molecule has 1 rings (SSSR count). The lowest BCUT2D eigenvalue weighted by Gasteiger charge is -2.33. The van der Waals surface area contributed by atoms with Crippen LogP contribution in [0.3, 0.4) is 0 Å². The van der Waals surface area contributed by atoms with Gasteiger partial charge in [-0.05, 0) is 26.8 Å². The summed E-state index contributed by atoms with van der Waals surface area (Å²) >= 11 is 1.69. The van der Waals surface area contributed by atoms with Crippen molar-refractivity contribution >= 4 is 11.3 Å². The third-order valence-electron chi connectivity index (χ3n) is 3.54. The topological polar surface area (TPSA) is 36.4 Å². The summed E-state index contributed by atoms with van der Waals surface area (Å²) in [6, 6.07) is 0. The van der Waals surface area contributed by atoms with Gasteiger partial charge in [0.15, 0.2) is 0 Å². The van der Waals surface area contributed by atoms with Crippen LogP contribution in [-0.2, 0) is 6.54 Å². The summed E-state index contributed by atoms with van der Waals surface area (Å²) in [5.74, 6) is 0. The second kappa shape index (κ2) is 6.47. The Balaban J connectivity index is 2.56. The second-order valence-corrected chi connectivity index (χ2v) is 5.96. The molecule has 0 spiro atoms. The van der Waals surface area contributed by atoms with Crippen LogP contribution < -0.4 is 0 Å². The molecule has 0 radical (unpaired) electrons. The number of aliphatic hydroxyl groups excluding tert-OH is 1. The van der Waals surface area contributed by atoms with Crippen LogP contribution in [0.5, 0.6) is 0 Å². The van der Waals surface area contributed by atoms with E-state index in [0.717, 1.165) is 36.6 Å². The molecule has 0 saturated carbocycles. The Hall–Kier alpha value is -0.450. The summed E-state index contributed by atoms with van der Waals surface area (Å²) in [4.78, 5) is 6.73. The van der Waals surface area contributed by atoms with E-state index >= 15 is 0 Å². The van der Waals surface area contributed by atoms with Crippen LogP contribution in [0.25, 0.3) is 0 Å². The van der Waals surface area contributed by atoms with Gasteiger partial charge >= 0.3 is 0 Å². The third-order valence-corrected chi connectivity index (χ3v) is 4.36. The van der Waals surface area contributed by atoms with Crippen molar-refractivity contribution in [1.29, 1.82) is 0 Å². The molecule has 17 heavy (non-hydrogen) atoms. The maximum atomic E-state index is 9.56. The van der Waals surface area contributed by atoms with Crippen molar-refractivity contribution in [3.8, 4) is 0 Å². The first-order valence-corrected chi connectivity index (χ1v) is 7.13. The molecular weight excluding hydrogens is 232 g/mol. The molecule has 1 heterocycles. The monoisotopic (exact) mass is 256 g/mol. The first-order chi connectivity index (χ1) is 8.05. The highest BCUT2D eigenvalue weighted by Gasteiger charge is 2.26. The SMILES string of the molecule is CCC(CC)(CO)CN(C)Cc1csc(C)n1. The number of aliphatic hydroxyl groups is 1. The van der Waals surface area contributed by atoms with Crippen LogP contribution >= 0.6 is 11.3 Å². The van der Waals surface area contributed by atoms with Crippen LogP contribution in [0.15, 0.2) is 5.38 Å². The first kappa shape index (κ1) is 14.6. The Morgan fingerprint density at radius 2 is 2.06 bits per heavy atom. The maximum absolute atomic E-state index is 9.56. The molecule has 1 aromatic heterocycles. The van der Waals surface area contributed by atoms with Gasteiger partial charge in [0.25, 0.3) is 0 Å². The van der Waals surface area contributed by atoms with E-state index in [1.807, 2.05) is 6.92 Å². The lowest BCUT2D eigenvalue weighted by molar-refractivity contribution is 0.0727. The Morgan fingerprint density at radius 1 is 1.41 bits per heavy atom. The smallest absolute Gasteiger partial charge is 0.0897 e. The molecule has 4 heteroatoms. The molecule has 0 aliphatic heterocycles. The van der Waals surface area contributed by atoms with Gasteiger partial charge in [0.1, 0.15) is 0 Å². The summed E-state index contributed by atoms with van der Waals surface area (Å²) in [5.41, 5.74) is 1.17. The standard InChI is InChI=1S/C13H24N2OS/c1-5-13(6-2,10-16)9-15(4)7-12-8-17-11(3)14-12/h8,16H,5-7,9-10H2,1-4H3. The van der Waals surface area contributed by atoms with E-state index < -0.39 is 0 Å². The molecule has 0 aliphatic carbocycles. The van der Waals surface area contributed by atoms with Crippen LogP contribution in [0.4, 0.5) is 0 Å². The molecule has 0 amide bonds. The first-order valence-electron chi connectivity index (χ1n) is 6.25. The van der Waals surface area contributed by atoms with Crippen molar-refractivity contribution in [2.24, 2.45) is 5.41 Å². The highest BCUT2D eigenvalue weighted by atomic mass is 32.1.